The normalized spacial score (nSPS) is 11.8. The summed E-state index contributed by atoms with van der Waals surface area (Å²) in [7, 11) is 0. The fourth-order valence-electron chi connectivity index (χ4n) is 4.85. The number of aryl methyl sites for hydroxylation is 3. The maximum atomic E-state index is 12.2. The molecule has 210 valence electrons. The van der Waals surface area contributed by atoms with E-state index in [4.69, 9.17) is 9.47 Å². The third-order valence-corrected chi connectivity index (χ3v) is 7.24. The Morgan fingerprint density at radius 2 is 1.36 bits per heavy atom. The molecule has 0 saturated carbocycles. The monoisotopic (exact) mass is 528 g/mol. The fourth-order valence-corrected chi connectivity index (χ4v) is 4.85. The molecule has 0 spiro atoms. The number of carbonyl (C=O) groups is 1. The van der Waals surface area contributed by atoms with E-state index >= 15 is 0 Å². The van der Waals surface area contributed by atoms with Crippen LogP contribution in [0.4, 0.5) is 0 Å². The Labute approximate surface area is 237 Å². The molecule has 0 bridgehead atoms. The largest absolute Gasteiger partial charge is 0.489 e. The molecule has 0 saturated heterocycles. The smallest absolute Gasteiger partial charge is 0.306 e. The third kappa shape index (κ3) is 11.3. The van der Waals surface area contributed by atoms with Crippen molar-refractivity contribution in [1.29, 1.82) is 0 Å². The van der Waals surface area contributed by atoms with Crippen LogP contribution in [0.15, 0.2) is 72.8 Å². The molecule has 3 aromatic rings. The van der Waals surface area contributed by atoms with Crippen LogP contribution >= 0.6 is 0 Å². The Bertz CT molecular complexity index is 1090. The van der Waals surface area contributed by atoms with Crippen molar-refractivity contribution >= 4 is 5.97 Å². The Balaban J connectivity index is 1.61. The van der Waals surface area contributed by atoms with Crippen LogP contribution in [0, 0.1) is 0 Å². The molecule has 39 heavy (non-hydrogen) atoms. The van der Waals surface area contributed by atoms with Gasteiger partial charge < -0.3 is 9.47 Å². The highest BCUT2D eigenvalue weighted by Gasteiger charge is 2.13. The molecule has 3 nitrogen and oxygen atoms in total. The van der Waals surface area contributed by atoms with Crippen molar-refractivity contribution in [2.24, 2.45) is 0 Å². The molecular weight excluding hydrogens is 480 g/mol. The summed E-state index contributed by atoms with van der Waals surface area (Å²) in [5, 5.41) is 0. The lowest BCUT2D eigenvalue weighted by molar-refractivity contribution is -0.149. The predicted octanol–water partition coefficient (Wildman–Crippen LogP) is 9.54. The lowest BCUT2D eigenvalue weighted by atomic mass is 9.98. The second-order valence-electron chi connectivity index (χ2n) is 10.7. The van der Waals surface area contributed by atoms with E-state index in [2.05, 4.69) is 80.6 Å². The molecule has 0 aromatic heterocycles. The van der Waals surface area contributed by atoms with Gasteiger partial charge in [-0.3, -0.25) is 4.79 Å². The molecule has 1 atom stereocenters. The van der Waals surface area contributed by atoms with Crippen LogP contribution in [0.1, 0.15) is 95.2 Å². The van der Waals surface area contributed by atoms with Crippen molar-refractivity contribution < 1.29 is 14.3 Å². The van der Waals surface area contributed by atoms with Crippen molar-refractivity contribution in [2.45, 2.75) is 104 Å². The van der Waals surface area contributed by atoms with E-state index < -0.39 is 0 Å². The van der Waals surface area contributed by atoms with Crippen molar-refractivity contribution in [2.75, 3.05) is 6.61 Å². The molecule has 0 radical (unpaired) electrons. The van der Waals surface area contributed by atoms with E-state index in [9.17, 15) is 4.79 Å². The zero-order chi connectivity index (χ0) is 27.7. The Morgan fingerprint density at radius 3 is 2.10 bits per heavy atom. The maximum absolute atomic E-state index is 12.2. The van der Waals surface area contributed by atoms with Crippen LogP contribution in [-0.2, 0) is 28.8 Å². The van der Waals surface area contributed by atoms with Crippen LogP contribution in [0.25, 0.3) is 11.1 Å². The second-order valence-corrected chi connectivity index (χ2v) is 10.7. The summed E-state index contributed by atoms with van der Waals surface area (Å²) >= 11 is 0. The first-order valence-corrected chi connectivity index (χ1v) is 15.2. The van der Waals surface area contributed by atoms with Crippen LogP contribution in [0.5, 0.6) is 5.75 Å². The summed E-state index contributed by atoms with van der Waals surface area (Å²) in [5.74, 6) is 0.801. The minimum Gasteiger partial charge on any atom is -0.489 e. The summed E-state index contributed by atoms with van der Waals surface area (Å²) in [6.07, 6.45) is 12.6. The van der Waals surface area contributed by atoms with Gasteiger partial charge in [-0.2, -0.15) is 0 Å². The van der Waals surface area contributed by atoms with Gasteiger partial charge in [0.05, 0.1) is 0 Å². The van der Waals surface area contributed by atoms with Gasteiger partial charge in [0, 0.05) is 6.42 Å². The van der Waals surface area contributed by atoms with Crippen molar-refractivity contribution in [3.8, 4) is 16.9 Å². The van der Waals surface area contributed by atoms with E-state index in [0.717, 1.165) is 44.3 Å². The molecule has 0 aliphatic heterocycles. The first-order chi connectivity index (χ1) is 19.1. The summed E-state index contributed by atoms with van der Waals surface area (Å²) < 4.78 is 11.9. The van der Waals surface area contributed by atoms with Gasteiger partial charge in [-0.05, 0) is 72.9 Å². The molecule has 3 aromatic carbocycles. The summed E-state index contributed by atoms with van der Waals surface area (Å²) in [6, 6.07) is 26.1. The first-order valence-electron chi connectivity index (χ1n) is 15.2. The van der Waals surface area contributed by atoms with Crippen molar-refractivity contribution in [3.63, 3.8) is 0 Å². The van der Waals surface area contributed by atoms with E-state index in [1.807, 2.05) is 13.0 Å². The lowest BCUT2D eigenvalue weighted by Gasteiger charge is -2.18. The van der Waals surface area contributed by atoms with Gasteiger partial charge >= 0.3 is 5.97 Å². The number of ether oxygens (including phenoxy) is 2. The molecule has 0 amide bonds. The number of unbranched alkanes of at least 4 members (excludes halogenated alkanes) is 6. The van der Waals surface area contributed by atoms with Gasteiger partial charge in [-0.25, -0.2) is 0 Å². The van der Waals surface area contributed by atoms with Gasteiger partial charge in [-0.1, -0.05) is 119 Å². The van der Waals surface area contributed by atoms with E-state index in [0.29, 0.717) is 13.0 Å². The molecule has 0 fully saturated rings. The van der Waals surface area contributed by atoms with Crippen LogP contribution < -0.4 is 4.74 Å². The SMILES string of the molecule is CCCCCCCc1ccc(CCc2ccc(-c3ccccc3)cc2)c(OCC(C)OC(=O)CCCCC)c1. The molecule has 0 aliphatic rings. The Kier molecular flexibility index (Phi) is 13.7. The molecule has 3 rings (SSSR count). The van der Waals surface area contributed by atoms with Gasteiger partial charge in [0.2, 0.25) is 0 Å². The molecule has 0 aliphatic carbocycles. The number of carbonyl (C=O) groups excluding carboxylic acids is 1. The zero-order valence-electron chi connectivity index (χ0n) is 24.4. The molecular formula is C36H48O3. The maximum Gasteiger partial charge on any atom is 0.306 e. The van der Waals surface area contributed by atoms with Crippen LogP contribution in [0.2, 0.25) is 0 Å². The van der Waals surface area contributed by atoms with E-state index in [-0.39, 0.29) is 12.1 Å². The van der Waals surface area contributed by atoms with E-state index in [1.54, 1.807) is 0 Å². The topological polar surface area (TPSA) is 35.5 Å². The highest BCUT2D eigenvalue weighted by molar-refractivity contribution is 5.69. The fraction of sp³-hybridized carbons (Fsp3) is 0.472. The van der Waals surface area contributed by atoms with Gasteiger partial charge in [0.15, 0.2) is 0 Å². The molecule has 3 heteroatoms. The summed E-state index contributed by atoms with van der Waals surface area (Å²) in [6.45, 7) is 6.68. The zero-order valence-corrected chi connectivity index (χ0v) is 24.4. The van der Waals surface area contributed by atoms with E-state index in [1.165, 1.54) is 59.9 Å². The number of hydrogen-bond donors (Lipinski definition) is 0. The first kappa shape index (κ1) is 30.5. The lowest BCUT2D eigenvalue weighted by Crippen LogP contribution is -2.22. The predicted molar refractivity (Wildman–Crippen MR) is 163 cm³/mol. The summed E-state index contributed by atoms with van der Waals surface area (Å²) in [5.41, 5.74) is 6.32. The summed E-state index contributed by atoms with van der Waals surface area (Å²) in [4.78, 5) is 12.2. The number of benzene rings is 3. The Hall–Kier alpha value is -3.07. The molecule has 0 heterocycles. The standard InChI is InChI=1S/C36H48O3/c1-4-6-8-9-12-15-31-22-26-34(35(27-31)38-28-29(3)39-36(37)18-11-7-5-2)25-21-30-19-23-33(24-20-30)32-16-13-10-14-17-32/h10,13-14,16-17,19-20,22-24,26-27,29H,4-9,11-12,15,18,21,25,28H2,1-3H3. The average molecular weight is 529 g/mol. The Morgan fingerprint density at radius 1 is 0.692 bits per heavy atom. The molecule has 1 unspecified atom stereocenters. The minimum absolute atomic E-state index is 0.125. The van der Waals surface area contributed by atoms with Gasteiger partial charge in [0.1, 0.15) is 18.5 Å². The van der Waals surface area contributed by atoms with Crippen molar-refractivity contribution in [1.82, 2.24) is 0 Å². The van der Waals surface area contributed by atoms with Gasteiger partial charge in [0.25, 0.3) is 0 Å². The number of esters is 1. The number of rotatable bonds is 18. The average Bonchev–Trinajstić information content (AvgIpc) is 2.96. The third-order valence-electron chi connectivity index (χ3n) is 7.24. The van der Waals surface area contributed by atoms with Crippen LogP contribution in [0.3, 0.4) is 0 Å². The van der Waals surface area contributed by atoms with Crippen molar-refractivity contribution in [3.05, 3.63) is 89.5 Å². The quantitative estimate of drug-likeness (QED) is 0.122. The highest BCUT2D eigenvalue weighted by atomic mass is 16.6. The minimum atomic E-state index is -0.268. The molecule has 0 N–H and O–H groups in total. The van der Waals surface area contributed by atoms with Crippen LogP contribution in [-0.4, -0.2) is 18.7 Å². The number of hydrogen-bond acceptors (Lipinski definition) is 3. The van der Waals surface area contributed by atoms with Gasteiger partial charge in [-0.15, -0.1) is 0 Å². The highest BCUT2D eigenvalue weighted by Crippen LogP contribution is 2.25. The second kappa shape index (κ2) is 17.5.